The first-order valence-electron chi connectivity index (χ1n) is 7.98. The molecule has 0 saturated heterocycles. The van der Waals surface area contributed by atoms with Crippen molar-refractivity contribution in [3.63, 3.8) is 0 Å². The van der Waals surface area contributed by atoms with Gasteiger partial charge in [0, 0.05) is 6.42 Å². The van der Waals surface area contributed by atoms with Crippen LogP contribution in [-0.2, 0) is 30.4 Å². The van der Waals surface area contributed by atoms with E-state index in [1.54, 1.807) is 20.8 Å². The van der Waals surface area contributed by atoms with Crippen LogP contribution >= 0.6 is 0 Å². The molecular weight excluding hydrogens is 326 g/mol. The second-order valence-corrected chi connectivity index (χ2v) is 6.41. The van der Waals surface area contributed by atoms with E-state index >= 15 is 0 Å². The number of nitrogens with one attached hydrogen (secondary N) is 1. The molecule has 0 heterocycles. The second-order valence-electron chi connectivity index (χ2n) is 6.41. The van der Waals surface area contributed by atoms with Gasteiger partial charge in [-0.2, -0.15) is 0 Å². The van der Waals surface area contributed by atoms with Crippen molar-refractivity contribution in [2.24, 2.45) is 0 Å². The van der Waals surface area contributed by atoms with Gasteiger partial charge in [0.15, 0.2) is 0 Å². The standard InChI is InChI=1S/C18H25NO6/c1-18(2,3)25-17(22)19-14(16(21)23-4)10-11-15(20)24-12-13-8-6-5-7-9-13/h5-9,14H,10-12H2,1-4H3,(H,19,22)/t14-/m0/s1. The molecule has 0 spiro atoms. The Morgan fingerprint density at radius 1 is 1.12 bits per heavy atom. The van der Waals surface area contributed by atoms with Gasteiger partial charge in [-0.05, 0) is 32.8 Å². The van der Waals surface area contributed by atoms with Crippen molar-refractivity contribution < 1.29 is 28.6 Å². The van der Waals surface area contributed by atoms with Crippen molar-refractivity contribution in [2.75, 3.05) is 7.11 Å². The highest BCUT2D eigenvalue weighted by Gasteiger charge is 2.25. The van der Waals surface area contributed by atoms with Gasteiger partial charge in [-0.3, -0.25) is 4.79 Å². The highest BCUT2D eigenvalue weighted by atomic mass is 16.6. The Morgan fingerprint density at radius 2 is 1.76 bits per heavy atom. The minimum absolute atomic E-state index is 0.0393. The number of methoxy groups -OCH3 is 1. The molecule has 0 unspecified atom stereocenters. The van der Waals surface area contributed by atoms with Crippen molar-refractivity contribution in [3.8, 4) is 0 Å². The number of carbonyl (C=O) groups is 3. The molecule has 1 N–H and O–H groups in total. The summed E-state index contributed by atoms with van der Waals surface area (Å²) in [7, 11) is 1.21. The summed E-state index contributed by atoms with van der Waals surface area (Å²) in [5, 5.41) is 2.41. The monoisotopic (exact) mass is 351 g/mol. The van der Waals surface area contributed by atoms with Crippen LogP contribution in [-0.4, -0.2) is 36.8 Å². The number of esters is 2. The van der Waals surface area contributed by atoms with E-state index in [-0.39, 0.29) is 19.4 Å². The molecule has 0 saturated carbocycles. The predicted molar refractivity (Wildman–Crippen MR) is 90.6 cm³/mol. The first-order valence-corrected chi connectivity index (χ1v) is 7.98. The molecule has 7 heteroatoms. The summed E-state index contributed by atoms with van der Waals surface area (Å²) in [5.74, 6) is -1.12. The second kappa shape index (κ2) is 9.66. The average Bonchev–Trinajstić information content (AvgIpc) is 2.55. The normalized spacial score (nSPS) is 12.0. The van der Waals surface area contributed by atoms with Crippen LogP contribution in [0, 0.1) is 0 Å². The lowest BCUT2D eigenvalue weighted by Gasteiger charge is -2.22. The first-order chi connectivity index (χ1) is 11.7. The van der Waals surface area contributed by atoms with Gasteiger partial charge in [-0.15, -0.1) is 0 Å². The number of alkyl carbamates (subject to hydrolysis) is 1. The zero-order valence-corrected chi connectivity index (χ0v) is 15.0. The lowest BCUT2D eigenvalue weighted by molar-refractivity contribution is -0.146. The highest BCUT2D eigenvalue weighted by Crippen LogP contribution is 2.09. The molecule has 0 aliphatic heterocycles. The molecule has 0 radical (unpaired) electrons. The summed E-state index contributed by atoms with van der Waals surface area (Å²) >= 11 is 0. The summed E-state index contributed by atoms with van der Waals surface area (Å²) in [6, 6.07) is 8.27. The van der Waals surface area contributed by atoms with Crippen LogP contribution in [0.1, 0.15) is 39.2 Å². The SMILES string of the molecule is COC(=O)[C@H](CCC(=O)OCc1ccccc1)NC(=O)OC(C)(C)C. The van der Waals surface area contributed by atoms with Crippen molar-refractivity contribution in [3.05, 3.63) is 35.9 Å². The van der Waals surface area contributed by atoms with Crippen molar-refractivity contribution in [1.82, 2.24) is 5.32 Å². The smallest absolute Gasteiger partial charge is 0.408 e. The van der Waals surface area contributed by atoms with Crippen LogP contribution < -0.4 is 5.32 Å². The van der Waals surface area contributed by atoms with Crippen LogP contribution in [0.2, 0.25) is 0 Å². The molecule has 0 bridgehead atoms. The highest BCUT2D eigenvalue weighted by molar-refractivity contribution is 5.82. The molecule has 1 amide bonds. The van der Waals surface area contributed by atoms with Crippen LogP contribution in [0.5, 0.6) is 0 Å². The van der Waals surface area contributed by atoms with Gasteiger partial charge in [-0.1, -0.05) is 30.3 Å². The van der Waals surface area contributed by atoms with Crippen molar-refractivity contribution in [1.29, 1.82) is 0 Å². The lowest BCUT2D eigenvalue weighted by atomic mass is 10.1. The van der Waals surface area contributed by atoms with E-state index in [9.17, 15) is 14.4 Å². The molecule has 0 fully saturated rings. The average molecular weight is 351 g/mol. The van der Waals surface area contributed by atoms with E-state index in [1.165, 1.54) is 7.11 Å². The van der Waals surface area contributed by atoms with Crippen LogP contribution in [0.25, 0.3) is 0 Å². The summed E-state index contributed by atoms with van der Waals surface area (Å²) in [4.78, 5) is 35.4. The van der Waals surface area contributed by atoms with E-state index in [0.717, 1.165) is 5.56 Å². The first kappa shape index (κ1) is 20.5. The third-order valence-electron chi connectivity index (χ3n) is 3.06. The Hall–Kier alpha value is -2.57. The molecule has 25 heavy (non-hydrogen) atoms. The predicted octanol–water partition coefficient (Wildman–Crippen LogP) is 2.58. The van der Waals surface area contributed by atoms with Gasteiger partial charge >= 0.3 is 18.0 Å². The minimum Gasteiger partial charge on any atom is -0.467 e. The Kier molecular flexibility index (Phi) is 7.91. The van der Waals surface area contributed by atoms with E-state index in [4.69, 9.17) is 9.47 Å². The Labute approximate surface area is 147 Å². The van der Waals surface area contributed by atoms with Crippen LogP contribution in [0.4, 0.5) is 4.79 Å². The van der Waals surface area contributed by atoms with Gasteiger partial charge < -0.3 is 19.5 Å². The number of ether oxygens (including phenoxy) is 3. The van der Waals surface area contributed by atoms with Crippen LogP contribution in [0.15, 0.2) is 30.3 Å². The maximum Gasteiger partial charge on any atom is 0.408 e. The number of benzene rings is 1. The third-order valence-corrected chi connectivity index (χ3v) is 3.06. The Morgan fingerprint density at radius 3 is 2.32 bits per heavy atom. The number of carbonyl (C=O) groups excluding carboxylic acids is 3. The van der Waals surface area contributed by atoms with Gasteiger partial charge in [-0.25, -0.2) is 9.59 Å². The molecule has 0 aromatic heterocycles. The maximum absolute atomic E-state index is 11.8. The Bertz CT molecular complexity index is 579. The van der Waals surface area contributed by atoms with Gasteiger partial charge in [0.2, 0.25) is 0 Å². The van der Waals surface area contributed by atoms with Crippen molar-refractivity contribution in [2.45, 2.75) is 51.9 Å². The zero-order valence-electron chi connectivity index (χ0n) is 15.0. The van der Waals surface area contributed by atoms with Gasteiger partial charge in [0.1, 0.15) is 18.2 Å². The molecule has 138 valence electrons. The molecule has 1 aromatic rings. The molecular formula is C18H25NO6. The van der Waals surface area contributed by atoms with Crippen molar-refractivity contribution >= 4 is 18.0 Å². The largest absolute Gasteiger partial charge is 0.467 e. The number of hydrogen-bond donors (Lipinski definition) is 1. The molecule has 0 aliphatic carbocycles. The fourth-order valence-electron chi connectivity index (χ4n) is 1.91. The zero-order chi connectivity index (χ0) is 18.9. The number of amides is 1. The summed E-state index contributed by atoms with van der Waals surface area (Å²) < 4.78 is 14.9. The number of hydrogen-bond acceptors (Lipinski definition) is 6. The quantitative estimate of drug-likeness (QED) is 0.600. The molecule has 1 atom stereocenters. The van der Waals surface area contributed by atoms with Crippen LogP contribution in [0.3, 0.4) is 0 Å². The van der Waals surface area contributed by atoms with Gasteiger partial charge in [0.25, 0.3) is 0 Å². The molecule has 1 aromatic carbocycles. The molecule has 7 nitrogen and oxygen atoms in total. The van der Waals surface area contributed by atoms with Gasteiger partial charge in [0.05, 0.1) is 7.11 Å². The maximum atomic E-state index is 11.8. The van der Waals surface area contributed by atoms with E-state index in [0.29, 0.717) is 0 Å². The minimum atomic E-state index is -0.982. The lowest BCUT2D eigenvalue weighted by Crippen LogP contribution is -2.44. The summed E-state index contributed by atoms with van der Waals surface area (Å²) in [6.45, 7) is 5.28. The van der Waals surface area contributed by atoms with E-state index in [1.807, 2.05) is 30.3 Å². The molecule has 0 aliphatic rings. The third kappa shape index (κ3) is 8.74. The Balaban J connectivity index is 2.48. The summed E-state index contributed by atoms with van der Waals surface area (Å²) in [5.41, 5.74) is 0.173. The topological polar surface area (TPSA) is 90.9 Å². The van der Waals surface area contributed by atoms with E-state index in [2.05, 4.69) is 10.1 Å². The molecule has 1 rings (SSSR count). The fourth-order valence-corrected chi connectivity index (χ4v) is 1.91. The fraction of sp³-hybridized carbons (Fsp3) is 0.500. The van der Waals surface area contributed by atoms with E-state index < -0.39 is 29.7 Å². The number of rotatable bonds is 7. The summed E-state index contributed by atoms with van der Waals surface area (Å²) in [6.07, 6.45) is -0.734.